The summed E-state index contributed by atoms with van der Waals surface area (Å²) < 4.78 is 0. The van der Waals surface area contributed by atoms with Gasteiger partial charge in [-0.25, -0.2) is 4.98 Å². The standard InChI is InChI=1S/C18H29N5O2/c1-13(2)23(14(3)4)17(24)12-22-9-5-6-15(11-22)18(25)21-16-10-19-7-8-20-16/h7-8,10,13-15H,5-6,9,11-12H2,1-4H3,(H,20,21,25)/t15-/m0/s1. The van der Waals surface area contributed by atoms with Gasteiger partial charge in [-0.05, 0) is 47.1 Å². The van der Waals surface area contributed by atoms with Gasteiger partial charge in [-0.2, -0.15) is 0 Å². The molecule has 0 aromatic carbocycles. The molecule has 2 amide bonds. The number of carbonyl (C=O) groups excluding carboxylic acids is 2. The van der Waals surface area contributed by atoms with Gasteiger partial charge in [-0.15, -0.1) is 0 Å². The van der Waals surface area contributed by atoms with Gasteiger partial charge in [-0.1, -0.05) is 0 Å². The molecule has 1 aromatic heterocycles. The van der Waals surface area contributed by atoms with Gasteiger partial charge < -0.3 is 10.2 Å². The highest BCUT2D eigenvalue weighted by molar-refractivity contribution is 5.91. The molecule has 1 aromatic rings. The van der Waals surface area contributed by atoms with Crippen LogP contribution in [0, 0.1) is 5.92 Å². The van der Waals surface area contributed by atoms with E-state index >= 15 is 0 Å². The first-order valence-electron chi connectivity index (χ1n) is 8.99. The Kier molecular flexibility index (Phi) is 6.87. The van der Waals surface area contributed by atoms with Crippen LogP contribution in [0.15, 0.2) is 18.6 Å². The maximum Gasteiger partial charge on any atom is 0.237 e. The molecule has 2 rings (SSSR count). The van der Waals surface area contributed by atoms with Crippen molar-refractivity contribution in [3.05, 3.63) is 18.6 Å². The van der Waals surface area contributed by atoms with Crippen molar-refractivity contribution in [1.82, 2.24) is 19.8 Å². The monoisotopic (exact) mass is 347 g/mol. The van der Waals surface area contributed by atoms with E-state index in [9.17, 15) is 9.59 Å². The van der Waals surface area contributed by atoms with Crippen LogP contribution in [0.1, 0.15) is 40.5 Å². The molecular formula is C18H29N5O2. The molecule has 1 N–H and O–H groups in total. The number of likely N-dealkylation sites (tertiary alicyclic amines) is 1. The fourth-order valence-electron chi connectivity index (χ4n) is 3.45. The van der Waals surface area contributed by atoms with Crippen LogP contribution in [-0.2, 0) is 9.59 Å². The molecule has 0 bridgehead atoms. The summed E-state index contributed by atoms with van der Waals surface area (Å²) in [5.74, 6) is 0.406. The fourth-order valence-corrected chi connectivity index (χ4v) is 3.45. The number of aromatic nitrogens is 2. The Bertz CT molecular complexity index is 568. The van der Waals surface area contributed by atoms with Gasteiger partial charge in [0.1, 0.15) is 0 Å². The number of hydrogen-bond acceptors (Lipinski definition) is 5. The minimum Gasteiger partial charge on any atom is -0.337 e. The van der Waals surface area contributed by atoms with Crippen molar-refractivity contribution >= 4 is 17.6 Å². The zero-order valence-electron chi connectivity index (χ0n) is 15.6. The Balaban J connectivity index is 1.91. The Hall–Kier alpha value is -2.02. The van der Waals surface area contributed by atoms with Gasteiger partial charge in [0.05, 0.1) is 18.7 Å². The van der Waals surface area contributed by atoms with E-state index in [1.165, 1.54) is 6.20 Å². The fraction of sp³-hybridized carbons (Fsp3) is 0.667. The van der Waals surface area contributed by atoms with Crippen LogP contribution >= 0.6 is 0 Å². The number of nitrogens with zero attached hydrogens (tertiary/aromatic N) is 4. The summed E-state index contributed by atoms with van der Waals surface area (Å²) in [6.45, 7) is 9.95. The summed E-state index contributed by atoms with van der Waals surface area (Å²) in [7, 11) is 0. The third-order valence-corrected chi connectivity index (χ3v) is 4.45. The molecule has 0 unspecified atom stereocenters. The lowest BCUT2D eigenvalue weighted by Gasteiger charge is -2.36. The molecule has 0 spiro atoms. The lowest BCUT2D eigenvalue weighted by Crippen LogP contribution is -2.50. The Morgan fingerprint density at radius 1 is 1.28 bits per heavy atom. The minimum absolute atomic E-state index is 0.0535. The predicted octanol–water partition coefficient (Wildman–Crippen LogP) is 1.77. The van der Waals surface area contributed by atoms with E-state index in [-0.39, 0.29) is 29.8 Å². The predicted molar refractivity (Wildman–Crippen MR) is 96.9 cm³/mol. The third-order valence-electron chi connectivity index (χ3n) is 4.45. The Labute approximate surface area is 149 Å². The smallest absolute Gasteiger partial charge is 0.237 e. The first-order valence-corrected chi connectivity index (χ1v) is 8.99. The lowest BCUT2D eigenvalue weighted by molar-refractivity contribution is -0.137. The Morgan fingerprint density at radius 2 is 2.00 bits per heavy atom. The number of rotatable bonds is 6. The first kappa shape index (κ1) is 19.3. The van der Waals surface area contributed by atoms with Crippen molar-refractivity contribution in [2.45, 2.75) is 52.6 Å². The van der Waals surface area contributed by atoms with Crippen LogP contribution in [0.2, 0.25) is 0 Å². The minimum atomic E-state index is -0.130. The molecule has 25 heavy (non-hydrogen) atoms. The number of anilines is 1. The Morgan fingerprint density at radius 3 is 2.60 bits per heavy atom. The highest BCUT2D eigenvalue weighted by atomic mass is 16.2. The molecule has 0 aliphatic carbocycles. The number of carbonyl (C=O) groups is 2. The molecule has 7 heteroatoms. The van der Waals surface area contributed by atoms with Gasteiger partial charge in [0, 0.05) is 31.0 Å². The van der Waals surface area contributed by atoms with Gasteiger partial charge in [0.2, 0.25) is 11.8 Å². The third kappa shape index (κ3) is 5.49. The summed E-state index contributed by atoms with van der Waals surface area (Å²) in [6.07, 6.45) is 6.39. The van der Waals surface area contributed by atoms with Crippen molar-refractivity contribution in [3.63, 3.8) is 0 Å². The molecule has 1 saturated heterocycles. The number of nitrogens with one attached hydrogen (secondary N) is 1. The zero-order chi connectivity index (χ0) is 18.4. The van der Waals surface area contributed by atoms with Gasteiger partial charge in [-0.3, -0.25) is 19.5 Å². The van der Waals surface area contributed by atoms with Crippen molar-refractivity contribution in [2.75, 3.05) is 25.0 Å². The van der Waals surface area contributed by atoms with E-state index in [4.69, 9.17) is 0 Å². The molecule has 1 aliphatic rings. The second kappa shape index (κ2) is 8.89. The van der Waals surface area contributed by atoms with Crippen LogP contribution < -0.4 is 5.32 Å². The zero-order valence-corrected chi connectivity index (χ0v) is 15.6. The topological polar surface area (TPSA) is 78.4 Å². The average Bonchev–Trinajstić information content (AvgIpc) is 2.55. The highest BCUT2D eigenvalue weighted by Crippen LogP contribution is 2.18. The van der Waals surface area contributed by atoms with Crippen molar-refractivity contribution in [2.24, 2.45) is 5.92 Å². The quantitative estimate of drug-likeness (QED) is 0.848. The van der Waals surface area contributed by atoms with Crippen LogP contribution in [0.4, 0.5) is 5.82 Å². The normalized spacial score (nSPS) is 18.4. The molecule has 0 radical (unpaired) electrons. The van der Waals surface area contributed by atoms with E-state index in [0.29, 0.717) is 18.9 Å². The van der Waals surface area contributed by atoms with Crippen molar-refractivity contribution in [1.29, 1.82) is 0 Å². The van der Waals surface area contributed by atoms with Crippen molar-refractivity contribution < 1.29 is 9.59 Å². The highest BCUT2D eigenvalue weighted by Gasteiger charge is 2.29. The van der Waals surface area contributed by atoms with E-state index in [1.807, 2.05) is 32.6 Å². The second-order valence-electron chi connectivity index (χ2n) is 7.14. The van der Waals surface area contributed by atoms with Gasteiger partial charge in [0.15, 0.2) is 5.82 Å². The molecule has 2 heterocycles. The van der Waals surface area contributed by atoms with E-state index in [1.54, 1.807) is 12.4 Å². The SMILES string of the molecule is CC(C)N(C(=O)CN1CCC[C@H](C(=O)Nc2cnccn2)C1)C(C)C. The second-order valence-corrected chi connectivity index (χ2v) is 7.14. The van der Waals surface area contributed by atoms with Crippen LogP contribution in [0.3, 0.4) is 0 Å². The maximum absolute atomic E-state index is 12.6. The molecule has 1 atom stereocenters. The first-order chi connectivity index (χ1) is 11.9. The molecular weight excluding hydrogens is 318 g/mol. The number of piperidine rings is 1. The molecule has 1 aliphatic heterocycles. The largest absolute Gasteiger partial charge is 0.337 e. The molecule has 138 valence electrons. The molecule has 0 saturated carbocycles. The lowest BCUT2D eigenvalue weighted by atomic mass is 9.97. The maximum atomic E-state index is 12.6. The van der Waals surface area contributed by atoms with E-state index in [2.05, 4.69) is 20.2 Å². The number of amides is 2. The molecule has 7 nitrogen and oxygen atoms in total. The van der Waals surface area contributed by atoms with Crippen LogP contribution in [0.5, 0.6) is 0 Å². The molecule has 1 fully saturated rings. The van der Waals surface area contributed by atoms with E-state index in [0.717, 1.165) is 19.4 Å². The van der Waals surface area contributed by atoms with Gasteiger partial charge in [0.25, 0.3) is 0 Å². The summed E-state index contributed by atoms with van der Waals surface area (Å²) in [5.41, 5.74) is 0. The number of hydrogen-bond donors (Lipinski definition) is 1. The summed E-state index contributed by atoms with van der Waals surface area (Å²) >= 11 is 0. The summed E-state index contributed by atoms with van der Waals surface area (Å²) in [6, 6.07) is 0.348. The van der Waals surface area contributed by atoms with E-state index < -0.39 is 0 Å². The van der Waals surface area contributed by atoms with Crippen molar-refractivity contribution in [3.8, 4) is 0 Å². The summed E-state index contributed by atoms with van der Waals surface area (Å²) in [5, 5.41) is 2.81. The van der Waals surface area contributed by atoms with Crippen LogP contribution in [-0.4, -0.2) is 63.3 Å². The van der Waals surface area contributed by atoms with Crippen LogP contribution in [0.25, 0.3) is 0 Å². The summed E-state index contributed by atoms with van der Waals surface area (Å²) in [4.78, 5) is 37.1. The van der Waals surface area contributed by atoms with Gasteiger partial charge >= 0.3 is 0 Å². The average molecular weight is 347 g/mol.